The van der Waals surface area contributed by atoms with Crippen LogP contribution in [0.15, 0.2) is 47.4 Å². The third-order valence-electron chi connectivity index (χ3n) is 4.89. The van der Waals surface area contributed by atoms with E-state index in [0.717, 1.165) is 18.4 Å². The number of nitrogens with one attached hydrogen (secondary N) is 1. The molecular formula is C21H25ClN2O3S. The highest BCUT2D eigenvalue weighted by Crippen LogP contribution is 2.29. The number of amides is 1. The average Bonchev–Trinajstić information content (AvgIpc) is 3.17. The van der Waals surface area contributed by atoms with Gasteiger partial charge in [0.1, 0.15) is 4.90 Å². The van der Waals surface area contributed by atoms with Crippen LogP contribution in [-0.4, -0.2) is 31.7 Å². The standard InChI is InChI=1S/C21H25ClN2O3S/c1-21(2,3)16-7-9-17(10-8-16)23-20(25)15-6-11-18(22)19(14-15)28(26,27)24-12-4-5-13-24/h6-11,14H,4-5,12-13H2,1-3H3,(H,23,25). The minimum Gasteiger partial charge on any atom is -0.322 e. The molecule has 3 rings (SSSR count). The molecule has 0 saturated carbocycles. The number of hydrogen-bond acceptors (Lipinski definition) is 3. The molecular weight excluding hydrogens is 396 g/mol. The van der Waals surface area contributed by atoms with Crippen molar-refractivity contribution in [3.05, 3.63) is 58.6 Å². The van der Waals surface area contributed by atoms with Gasteiger partial charge in [-0.2, -0.15) is 4.31 Å². The van der Waals surface area contributed by atoms with Gasteiger partial charge in [0.05, 0.1) is 5.02 Å². The van der Waals surface area contributed by atoms with E-state index < -0.39 is 10.0 Å². The van der Waals surface area contributed by atoms with E-state index in [1.807, 2.05) is 24.3 Å². The normalized spacial score (nSPS) is 15.6. The fraction of sp³-hybridized carbons (Fsp3) is 0.381. The monoisotopic (exact) mass is 420 g/mol. The second-order valence-corrected chi connectivity index (χ2v) is 10.4. The SMILES string of the molecule is CC(C)(C)c1ccc(NC(=O)c2ccc(Cl)c(S(=O)(=O)N3CCCC3)c2)cc1. The maximum Gasteiger partial charge on any atom is 0.255 e. The molecule has 2 aromatic carbocycles. The first kappa shape index (κ1) is 20.8. The predicted molar refractivity (Wildman–Crippen MR) is 113 cm³/mol. The van der Waals surface area contributed by atoms with E-state index in [4.69, 9.17) is 11.6 Å². The van der Waals surface area contributed by atoms with E-state index in [9.17, 15) is 13.2 Å². The smallest absolute Gasteiger partial charge is 0.255 e. The molecule has 1 heterocycles. The van der Waals surface area contributed by atoms with Crippen molar-refractivity contribution in [1.82, 2.24) is 4.31 Å². The molecule has 0 aliphatic carbocycles. The minimum atomic E-state index is -3.70. The molecule has 0 bridgehead atoms. The lowest BCUT2D eigenvalue weighted by atomic mass is 9.87. The largest absolute Gasteiger partial charge is 0.322 e. The second-order valence-electron chi connectivity index (χ2n) is 8.04. The number of sulfonamides is 1. The van der Waals surface area contributed by atoms with Crippen LogP contribution in [0.1, 0.15) is 49.5 Å². The van der Waals surface area contributed by atoms with E-state index in [2.05, 4.69) is 26.1 Å². The Bertz CT molecular complexity index is 974. The fourth-order valence-electron chi connectivity index (χ4n) is 3.17. The van der Waals surface area contributed by atoms with Gasteiger partial charge in [-0.1, -0.05) is 44.5 Å². The molecule has 2 aromatic rings. The Labute approximate surface area is 171 Å². The molecule has 1 saturated heterocycles. The van der Waals surface area contributed by atoms with Crippen LogP contribution in [0.4, 0.5) is 5.69 Å². The third-order valence-corrected chi connectivity index (χ3v) is 7.27. The first-order valence-electron chi connectivity index (χ1n) is 9.30. The summed E-state index contributed by atoms with van der Waals surface area (Å²) >= 11 is 6.15. The maximum absolute atomic E-state index is 12.8. The Morgan fingerprint density at radius 2 is 1.64 bits per heavy atom. The van der Waals surface area contributed by atoms with Gasteiger partial charge in [0.25, 0.3) is 5.91 Å². The summed E-state index contributed by atoms with van der Waals surface area (Å²) in [7, 11) is -3.70. The highest BCUT2D eigenvalue weighted by atomic mass is 35.5. The Hall–Kier alpha value is -1.89. The van der Waals surface area contributed by atoms with E-state index in [1.54, 1.807) is 0 Å². The molecule has 1 aliphatic rings. The zero-order valence-electron chi connectivity index (χ0n) is 16.3. The highest BCUT2D eigenvalue weighted by Gasteiger charge is 2.29. The topological polar surface area (TPSA) is 66.5 Å². The van der Waals surface area contributed by atoms with Crippen LogP contribution >= 0.6 is 11.6 Å². The van der Waals surface area contributed by atoms with Crippen molar-refractivity contribution in [3.8, 4) is 0 Å². The summed E-state index contributed by atoms with van der Waals surface area (Å²) in [5.41, 5.74) is 2.09. The predicted octanol–water partition coefficient (Wildman–Crippen LogP) is 4.67. The van der Waals surface area contributed by atoms with Crippen LogP contribution in [0.5, 0.6) is 0 Å². The van der Waals surface area contributed by atoms with Crippen molar-refractivity contribution in [2.45, 2.75) is 43.9 Å². The minimum absolute atomic E-state index is 0.0215. The Morgan fingerprint density at radius 3 is 2.21 bits per heavy atom. The molecule has 0 spiro atoms. The number of anilines is 1. The molecule has 0 atom stereocenters. The zero-order valence-corrected chi connectivity index (χ0v) is 17.9. The first-order chi connectivity index (χ1) is 13.1. The summed E-state index contributed by atoms with van der Waals surface area (Å²) in [5, 5.41) is 2.94. The van der Waals surface area contributed by atoms with Gasteiger partial charge in [-0.25, -0.2) is 8.42 Å². The molecule has 0 aromatic heterocycles. The van der Waals surface area contributed by atoms with Gasteiger partial charge in [-0.15, -0.1) is 0 Å². The van der Waals surface area contributed by atoms with Crippen molar-refractivity contribution in [1.29, 1.82) is 0 Å². The summed E-state index contributed by atoms with van der Waals surface area (Å²) in [6, 6.07) is 12.0. The van der Waals surface area contributed by atoms with Crippen LogP contribution in [0.2, 0.25) is 5.02 Å². The molecule has 1 N–H and O–H groups in total. The maximum atomic E-state index is 12.8. The molecule has 1 amide bonds. The van der Waals surface area contributed by atoms with E-state index in [0.29, 0.717) is 18.8 Å². The number of hydrogen-bond donors (Lipinski definition) is 1. The van der Waals surface area contributed by atoms with Crippen molar-refractivity contribution >= 4 is 33.2 Å². The number of rotatable bonds is 4. The Kier molecular flexibility index (Phi) is 5.84. The van der Waals surface area contributed by atoms with Crippen LogP contribution in [0.25, 0.3) is 0 Å². The molecule has 150 valence electrons. The molecule has 1 fully saturated rings. The van der Waals surface area contributed by atoms with Crippen LogP contribution in [0.3, 0.4) is 0 Å². The summed E-state index contributed by atoms with van der Waals surface area (Å²) in [6.07, 6.45) is 1.67. The number of halogens is 1. The molecule has 0 unspecified atom stereocenters. The van der Waals surface area contributed by atoms with Gasteiger partial charge < -0.3 is 5.32 Å². The molecule has 5 nitrogen and oxygen atoms in total. The third kappa shape index (κ3) is 4.40. The summed E-state index contributed by atoms with van der Waals surface area (Å²) in [4.78, 5) is 12.6. The van der Waals surface area contributed by atoms with Gasteiger partial charge in [0, 0.05) is 24.3 Å². The van der Waals surface area contributed by atoms with Gasteiger partial charge >= 0.3 is 0 Å². The number of benzene rings is 2. The van der Waals surface area contributed by atoms with Crippen LogP contribution < -0.4 is 5.32 Å². The van der Waals surface area contributed by atoms with Crippen molar-refractivity contribution < 1.29 is 13.2 Å². The average molecular weight is 421 g/mol. The zero-order chi connectivity index (χ0) is 20.5. The van der Waals surface area contributed by atoms with Crippen molar-refractivity contribution in [3.63, 3.8) is 0 Å². The molecule has 0 radical (unpaired) electrons. The van der Waals surface area contributed by atoms with E-state index >= 15 is 0 Å². The quantitative estimate of drug-likeness (QED) is 0.781. The summed E-state index contributed by atoms with van der Waals surface area (Å²) in [5.74, 6) is -0.377. The van der Waals surface area contributed by atoms with Gasteiger partial charge in [-0.3, -0.25) is 4.79 Å². The van der Waals surface area contributed by atoms with E-state index in [-0.39, 0.29) is 26.8 Å². The van der Waals surface area contributed by atoms with Gasteiger partial charge in [0.15, 0.2) is 0 Å². The van der Waals surface area contributed by atoms with E-state index in [1.165, 1.54) is 22.5 Å². The lowest BCUT2D eigenvalue weighted by molar-refractivity contribution is 0.102. The summed E-state index contributed by atoms with van der Waals surface area (Å²) in [6.45, 7) is 7.33. The van der Waals surface area contributed by atoms with Crippen LogP contribution in [-0.2, 0) is 15.4 Å². The Morgan fingerprint density at radius 1 is 1.04 bits per heavy atom. The second kappa shape index (κ2) is 7.85. The lowest BCUT2D eigenvalue weighted by Crippen LogP contribution is -2.28. The van der Waals surface area contributed by atoms with Gasteiger partial charge in [-0.05, 0) is 54.2 Å². The Balaban J connectivity index is 1.83. The number of nitrogens with zero attached hydrogens (tertiary/aromatic N) is 1. The molecule has 7 heteroatoms. The molecule has 28 heavy (non-hydrogen) atoms. The van der Waals surface area contributed by atoms with Gasteiger partial charge in [0.2, 0.25) is 10.0 Å². The summed E-state index contributed by atoms with van der Waals surface area (Å²) < 4.78 is 27.1. The fourth-order valence-corrected chi connectivity index (χ4v) is 5.18. The first-order valence-corrected chi connectivity index (χ1v) is 11.1. The van der Waals surface area contributed by atoms with Crippen molar-refractivity contribution in [2.24, 2.45) is 0 Å². The van der Waals surface area contributed by atoms with Crippen molar-refractivity contribution in [2.75, 3.05) is 18.4 Å². The lowest BCUT2D eigenvalue weighted by Gasteiger charge is -2.19. The highest BCUT2D eigenvalue weighted by molar-refractivity contribution is 7.89. The van der Waals surface area contributed by atoms with Crippen LogP contribution in [0, 0.1) is 0 Å². The molecule has 1 aliphatic heterocycles. The number of carbonyl (C=O) groups is 1. The number of carbonyl (C=O) groups excluding carboxylic acids is 1.